The highest BCUT2D eigenvalue weighted by atomic mass is 79.9. The molecule has 2 N–H and O–H groups in total. The maximum Gasteiger partial charge on any atom is 0.410 e. The van der Waals surface area contributed by atoms with E-state index in [1.54, 1.807) is 0 Å². The summed E-state index contributed by atoms with van der Waals surface area (Å²) in [6.45, 7) is 0. The Morgan fingerprint density at radius 2 is 1.92 bits per heavy atom. The predicted molar refractivity (Wildman–Crippen MR) is 47.1 cm³/mol. The molecule has 0 saturated carbocycles. The molecule has 1 aromatic heterocycles. The van der Waals surface area contributed by atoms with Crippen molar-refractivity contribution in [3.8, 4) is 0 Å². The maximum absolute atomic E-state index is 12.1. The summed E-state index contributed by atoms with van der Waals surface area (Å²) >= 11 is 5.90. The summed E-state index contributed by atoms with van der Waals surface area (Å²) in [6.07, 6.45) is -4.49. The van der Waals surface area contributed by atoms with Crippen molar-refractivity contribution in [3.05, 3.63) is 21.0 Å². The number of furan rings is 1. The topological polar surface area (TPSA) is 39.2 Å². The minimum atomic E-state index is -4.49. The Kier molecular flexibility index (Phi) is 3.09. The first-order valence-corrected chi connectivity index (χ1v) is 4.68. The quantitative estimate of drug-likeness (QED) is 0.861. The number of alkyl halides is 3. The molecule has 1 atom stereocenters. The van der Waals surface area contributed by atoms with Gasteiger partial charge in [0.15, 0.2) is 10.7 Å². The third-order valence-corrected chi connectivity index (χ3v) is 3.03. The Morgan fingerprint density at radius 1 is 1.38 bits per heavy atom. The molecule has 0 bridgehead atoms. The van der Waals surface area contributed by atoms with Gasteiger partial charge in [0.05, 0.1) is 4.47 Å². The maximum atomic E-state index is 12.1. The highest BCUT2D eigenvalue weighted by Gasteiger charge is 2.40. The van der Waals surface area contributed by atoms with Crippen LogP contribution in [0.5, 0.6) is 0 Å². The molecular formula is C6H4Br2F3NO. The van der Waals surface area contributed by atoms with Gasteiger partial charge >= 0.3 is 6.18 Å². The monoisotopic (exact) mass is 321 g/mol. The van der Waals surface area contributed by atoms with E-state index in [-0.39, 0.29) is 10.4 Å². The van der Waals surface area contributed by atoms with Crippen LogP contribution in [0.15, 0.2) is 19.6 Å². The average Bonchev–Trinajstić information content (AvgIpc) is 2.29. The van der Waals surface area contributed by atoms with E-state index >= 15 is 0 Å². The van der Waals surface area contributed by atoms with E-state index < -0.39 is 12.2 Å². The minimum absolute atomic E-state index is 0.196. The molecular weight excluding hydrogens is 319 g/mol. The molecule has 13 heavy (non-hydrogen) atoms. The van der Waals surface area contributed by atoms with Gasteiger partial charge in [0, 0.05) is 0 Å². The van der Waals surface area contributed by atoms with Crippen LogP contribution in [0.1, 0.15) is 11.8 Å². The van der Waals surface area contributed by atoms with Gasteiger partial charge in [-0.2, -0.15) is 13.2 Å². The van der Waals surface area contributed by atoms with Crippen LogP contribution in [0.3, 0.4) is 0 Å². The van der Waals surface area contributed by atoms with Crippen LogP contribution in [0.25, 0.3) is 0 Å². The Morgan fingerprint density at radius 3 is 2.23 bits per heavy atom. The van der Waals surface area contributed by atoms with E-state index in [0.717, 1.165) is 0 Å². The lowest BCUT2D eigenvalue weighted by Crippen LogP contribution is -2.27. The van der Waals surface area contributed by atoms with Crippen LogP contribution in [0, 0.1) is 0 Å². The fourth-order valence-corrected chi connectivity index (χ4v) is 1.29. The largest absolute Gasteiger partial charge is 0.451 e. The summed E-state index contributed by atoms with van der Waals surface area (Å²) in [4.78, 5) is 0. The number of nitrogens with two attached hydrogens (primary N) is 1. The SMILES string of the molecule is NC(c1cc(Br)c(Br)o1)C(F)(F)F. The normalized spacial score (nSPS) is 14.6. The molecule has 0 aliphatic rings. The Bertz CT molecular complexity index is 290. The third-order valence-electron chi connectivity index (χ3n) is 1.32. The minimum Gasteiger partial charge on any atom is -0.451 e. The number of rotatable bonds is 1. The van der Waals surface area contributed by atoms with Crippen LogP contribution < -0.4 is 5.73 Å². The van der Waals surface area contributed by atoms with Crippen LogP contribution in [0.4, 0.5) is 13.2 Å². The van der Waals surface area contributed by atoms with Crippen molar-refractivity contribution >= 4 is 31.9 Å². The number of hydrogen-bond acceptors (Lipinski definition) is 2. The van der Waals surface area contributed by atoms with Gasteiger partial charge in [0.1, 0.15) is 5.76 Å². The zero-order valence-electron chi connectivity index (χ0n) is 6.03. The number of hydrogen-bond donors (Lipinski definition) is 1. The zero-order valence-corrected chi connectivity index (χ0v) is 9.20. The second-order valence-corrected chi connectivity index (χ2v) is 3.86. The van der Waals surface area contributed by atoms with Gasteiger partial charge in [-0.1, -0.05) is 0 Å². The molecule has 0 radical (unpaired) electrons. The van der Waals surface area contributed by atoms with Crippen LogP contribution in [-0.2, 0) is 0 Å². The molecule has 0 aromatic carbocycles. The van der Waals surface area contributed by atoms with Crippen LogP contribution in [0.2, 0.25) is 0 Å². The van der Waals surface area contributed by atoms with Gasteiger partial charge in [-0.3, -0.25) is 0 Å². The van der Waals surface area contributed by atoms with E-state index in [9.17, 15) is 13.2 Å². The number of halogens is 5. The molecule has 1 heterocycles. The molecule has 1 unspecified atom stereocenters. The molecule has 0 spiro atoms. The van der Waals surface area contributed by atoms with Gasteiger partial charge in [-0.05, 0) is 37.9 Å². The molecule has 0 aliphatic heterocycles. The Hall–Kier alpha value is -0.0100. The van der Waals surface area contributed by atoms with Gasteiger partial charge in [0.2, 0.25) is 0 Å². The zero-order chi connectivity index (χ0) is 10.2. The van der Waals surface area contributed by atoms with Crippen molar-refractivity contribution < 1.29 is 17.6 Å². The second kappa shape index (κ2) is 3.62. The van der Waals surface area contributed by atoms with E-state index in [0.29, 0.717) is 4.47 Å². The summed E-state index contributed by atoms with van der Waals surface area (Å²) in [5, 5.41) is 0. The highest BCUT2D eigenvalue weighted by molar-refractivity contribution is 9.13. The fourth-order valence-electron chi connectivity index (χ4n) is 0.678. The summed E-state index contributed by atoms with van der Waals surface area (Å²) in [5.74, 6) is -0.328. The van der Waals surface area contributed by atoms with Crippen molar-refractivity contribution in [2.24, 2.45) is 5.73 Å². The van der Waals surface area contributed by atoms with Crippen molar-refractivity contribution in [3.63, 3.8) is 0 Å². The lowest BCUT2D eigenvalue weighted by atomic mass is 10.2. The van der Waals surface area contributed by atoms with Crippen molar-refractivity contribution in [1.82, 2.24) is 0 Å². The van der Waals surface area contributed by atoms with Gasteiger partial charge < -0.3 is 10.2 Å². The summed E-state index contributed by atoms with van der Waals surface area (Å²) in [5.41, 5.74) is 4.89. The molecule has 0 amide bonds. The van der Waals surface area contributed by atoms with E-state index in [2.05, 4.69) is 31.9 Å². The molecule has 0 fully saturated rings. The summed E-state index contributed by atoms with van der Waals surface area (Å²) in [6, 6.07) is -0.905. The first-order chi connectivity index (χ1) is 5.82. The van der Waals surface area contributed by atoms with E-state index in [1.807, 2.05) is 0 Å². The van der Waals surface area contributed by atoms with Gasteiger partial charge in [0.25, 0.3) is 0 Å². The molecule has 1 rings (SSSR count). The Labute approximate surface area is 88.5 Å². The molecule has 2 nitrogen and oxygen atoms in total. The molecule has 0 aliphatic carbocycles. The molecule has 0 saturated heterocycles. The fraction of sp³-hybridized carbons (Fsp3) is 0.333. The van der Waals surface area contributed by atoms with Crippen LogP contribution >= 0.6 is 31.9 Å². The molecule has 74 valence electrons. The summed E-state index contributed by atoms with van der Waals surface area (Å²) in [7, 11) is 0. The Balaban J connectivity index is 2.96. The van der Waals surface area contributed by atoms with Crippen molar-refractivity contribution in [2.75, 3.05) is 0 Å². The standard InChI is InChI=1S/C6H4Br2F3NO/c7-2-1-3(13-5(2)8)4(12)6(9,10)11/h1,4H,12H2. The van der Waals surface area contributed by atoms with Gasteiger partial charge in [-0.25, -0.2) is 0 Å². The summed E-state index contributed by atoms with van der Waals surface area (Å²) < 4.78 is 41.5. The van der Waals surface area contributed by atoms with E-state index in [1.165, 1.54) is 6.07 Å². The molecule has 7 heteroatoms. The van der Waals surface area contributed by atoms with E-state index in [4.69, 9.17) is 10.2 Å². The average molecular weight is 323 g/mol. The lowest BCUT2D eigenvalue weighted by Gasteiger charge is -2.12. The first kappa shape index (κ1) is 11.1. The predicted octanol–water partition coefficient (Wildman–Crippen LogP) is 3.37. The van der Waals surface area contributed by atoms with Crippen LogP contribution in [-0.4, -0.2) is 6.18 Å². The second-order valence-electron chi connectivity index (χ2n) is 2.29. The van der Waals surface area contributed by atoms with Gasteiger partial charge in [-0.15, -0.1) is 0 Å². The third kappa shape index (κ3) is 2.47. The lowest BCUT2D eigenvalue weighted by molar-refractivity contribution is -0.152. The van der Waals surface area contributed by atoms with Crippen molar-refractivity contribution in [2.45, 2.75) is 12.2 Å². The first-order valence-electron chi connectivity index (χ1n) is 3.09. The molecule has 1 aromatic rings. The smallest absolute Gasteiger partial charge is 0.410 e. The van der Waals surface area contributed by atoms with Crippen molar-refractivity contribution in [1.29, 1.82) is 0 Å². The highest BCUT2D eigenvalue weighted by Crippen LogP contribution is 2.35.